The van der Waals surface area contributed by atoms with Gasteiger partial charge < -0.3 is 15.3 Å². The highest BCUT2D eigenvalue weighted by Gasteiger charge is 2.18. The van der Waals surface area contributed by atoms with Gasteiger partial charge in [-0.15, -0.1) is 0 Å². The van der Waals surface area contributed by atoms with E-state index < -0.39 is 5.60 Å². The van der Waals surface area contributed by atoms with Gasteiger partial charge in [0, 0.05) is 24.8 Å². The van der Waals surface area contributed by atoms with Crippen molar-refractivity contribution in [1.82, 2.24) is 0 Å². The van der Waals surface area contributed by atoms with Gasteiger partial charge in [-0.25, -0.2) is 0 Å². The summed E-state index contributed by atoms with van der Waals surface area (Å²) in [5, 5.41) is 12.4. The van der Waals surface area contributed by atoms with Gasteiger partial charge in [0.15, 0.2) is 0 Å². The second-order valence-electron chi connectivity index (χ2n) is 5.82. The number of carbonyl (C=O) groups is 1. The molecule has 22 heavy (non-hydrogen) atoms. The van der Waals surface area contributed by atoms with Crippen molar-refractivity contribution in [3.05, 3.63) is 23.8 Å². The van der Waals surface area contributed by atoms with Crippen LogP contribution in [0.15, 0.2) is 18.2 Å². The SMILES string of the molecule is CN(CC#CC#CC(C)(C)O)c1cccc2c1CCC(=O)N2. The molecule has 0 bridgehead atoms. The summed E-state index contributed by atoms with van der Waals surface area (Å²) < 4.78 is 0. The van der Waals surface area contributed by atoms with Gasteiger partial charge in [-0.1, -0.05) is 17.9 Å². The summed E-state index contributed by atoms with van der Waals surface area (Å²) in [6.45, 7) is 3.78. The number of fused-ring (bicyclic) bond motifs is 1. The van der Waals surface area contributed by atoms with Crippen molar-refractivity contribution in [3.63, 3.8) is 0 Å². The molecule has 1 aromatic rings. The van der Waals surface area contributed by atoms with E-state index in [2.05, 4.69) is 29.0 Å². The fourth-order valence-electron chi connectivity index (χ4n) is 2.24. The minimum atomic E-state index is -1.02. The lowest BCUT2D eigenvalue weighted by Gasteiger charge is -2.25. The van der Waals surface area contributed by atoms with Crippen LogP contribution < -0.4 is 10.2 Å². The van der Waals surface area contributed by atoms with Crippen LogP contribution >= 0.6 is 0 Å². The normalized spacial score (nSPS) is 13.0. The zero-order valence-electron chi connectivity index (χ0n) is 13.2. The van der Waals surface area contributed by atoms with Crippen LogP contribution in [0.2, 0.25) is 0 Å². The summed E-state index contributed by atoms with van der Waals surface area (Å²) in [7, 11) is 1.96. The van der Waals surface area contributed by atoms with Crippen LogP contribution in [0.5, 0.6) is 0 Å². The molecule has 0 atom stereocenters. The first kappa shape index (κ1) is 15.9. The Morgan fingerprint density at radius 3 is 2.82 bits per heavy atom. The van der Waals surface area contributed by atoms with Crippen molar-refractivity contribution >= 4 is 17.3 Å². The zero-order chi connectivity index (χ0) is 16.2. The molecule has 114 valence electrons. The molecular weight excluding hydrogens is 276 g/mol. The molecule has 2 N–H and O–H groups in total. The second-order valence-corrected chi connectivity index (χ2v) is 5.82. The lowest BCUT2D eigenvalue weighted by atomic mass is 10.0. The zero-order valence-corrected chi connectivity index (χ0v) is 13.2. The van der Waals surface area contributed by atoms with Gasteiger partial charge in [-0.3, -0.25) is 4.79 Å². The Balaban J connectivity index is 2.09. The van der Waals surface area contributed by atoms with Gasteiger partial charge in [-0.2, -0.15) is 0 Å². The molecule has 0 saturated carbocycles. The molecule has 0 aromatic heterocycles. The predicted molar refractivity (Wildman–Crippen MR) is 88.5 cm³/mol. The molecule has 0 unspecified atom stereocenters. The van der Waals surface area contributed by atoms with Crippen LogP contribution in [-0.2, 0) is 11.2 Å². The van der Waals surface area contributed by atoms with E-state index in [-0.39, 0.29) is 5.91 Å². The molecule has 0 radical (unpaired) electrons. The standard InChI is InChI=1S/C18H20N2O2/c1-18(2,22)12-5-4-6-13-20(3)16-9-7-8-15-14(16)10-11-17(21)19-15/h7-9,22H,10-11,13H2,1-3H3,(H,19,21). The van der Waals surface area contributed by atoms with Gasteiger partial charge >= 0.3 is 0 Å². The van der Waals surface area contributed by atoms with Gasteiger partial charge in [0.05, 0.1) is 6.54 Å². The summed E-state index contributed by atoms with van der Waals surface area (Å²) in [6.07, 6.45) is 1.26. The quantitative estimate of drug-likeness (QED) is 0.818. The van der Waals surface area contributed by atoms with Crippen LogP contribution in [0.25, 0.3) is 0 Å². The van der Waals surface area contributed by atoms with E-state index in [4.69, 9.17) is 0 Å². The van der Waals surface area contributed by atoms with Gasteiger partial charge in [0.1, 0.15) is 5.60 Å². The van der Waals surface area contributed by atoms with Crippen molar-refractivity contribution in [3.8, 4) is 23.7 Å². The third-order valence-corrected chi connectivity index (χ3v) is 3.27. The Morgan fingerprint density at radius 1 is 1.32 bits per heavy atom. The third kappa shape index (κ3) is 4.28. The summed E-state index contributed by atoms with van der Waals surface area (Å²) >= 11 is 0. The van der Waals surface area contributed by atoms with Crippen molar-refractivity contribution in [2.24, 2.45) is 0 Å². The molecule has 0 spiro atoms. The second kappa shape index (κ2) is 6.56. The van der Waals surface area contributed by atoms with E-state index in [1.807, 2.05) is 30.1 Å². The molecule has 1 heterocycles. The average molecular weight is 296 g/mol. The first-order valence-corrected chi connectivity index (χ1v) is 7.22. The van der Waals surface area contributed by atoms with E-state index in [1.54, 1.807) is 13.8 Å². The van der Waals surface area contributed by atoms with Crippen LogP contribution in [0, 0.1) is 23.7 Å². The maximum atomic E-state index is 11.4. The number of anilines is 2. The lowest BCUT2D eigenvalue weighted by molar-refractivity contribution is -0.116. The lowest BCUT2D eigenvalue weighted by Crippen LogP contribution is -2.24. The maximum Gasteiger partial charge on any atom is 0.224 e. The number of hydrogen-bond donors (Lipinski definition) is 2. The fourth-order valence-corrected chi connectivity index (χ4v) is 2.24. The van der Waals surface area contributed by atoms with E-state index in [9.17, 15) is 9.90 Å². The molecule has 0 fully saturated rings. The Hall–Kier alpha value is -2.43. The molecule has 0 aliphatic carbocycles. The number of nitrogens with zero attached hydrogens (tertiary/aromatic N) is 1. The first-order valence-electron chi connectivity index (χ1n) is 7.22. The highest BCUT2D eigenvalue weighted by atomic mass is 16.3. The van der Waals surface area contributed by atoms with Crippen molar-refractivity contribution in [2.75, 3.05) is 23.8 Å². The monoisotopic (exact) mass is 296 g/mol. The summed E-state index contributed by atoms with van der Waals surface area (Å²) in [5.74, 6) is 11.1. The Labute approximate surface area is 131 Å². The Morgan fingerprint density at radius 2 is 2.09 bits per heavy atom. The molecule has 1 amide bonds. The smallest absolute Gasteiger partial charge is 0.224 e. The highest BCUT2D eigenvalue weighted by Crippen LogP contribution is 2.31. The highest BCUT2D eigenvalue weighted by molar-refractivity contribution is 5.95. The number of aliphatic hydroxyl groups is 1. The minimum Gasteiger partial charge on any atom is -0.378 e. The summed E-state index contributed by atoms with van der Waals surface area (Å²) in [4.78, 5) is 13.5. The number of amides is 1. The summed E-state index contributed by atoms with van der Waals surface area (Å²) in [6, 6.07) is 5.88. The van der Waals surface area contributed by atoms with Crippen molar-refractivity contribution in [1.29, 1.82) is 0 Å². The molecule has 1 aromatic carbocycles. The molecule has 0 saturated heterocycles. The largest absolute Gasteiger partial charge is 0.378 e. The van der Waals surface area contributed by atoms with Crippen molar-refractivity contribution in [2.45, 2.75) is 32.3 Å². The molecule has 2 rings (SSSR count). The number of hydrogen-bond acceptors (Lipinski definition) is 3. The average Bonchev–Trinajstić information content (AvgIpc) is 2.44. The third-order valence-electron chi connectivity index (χ3n) is 3.27. The number of nitrogens with one attached hydrogen (secondary N) is 1. The Kier molecular flexibility index (Phi) is 4.75. The molecule has 1 aliphatic rings. The number of benzene rings is 1. The van der Waals surface area contributed by atoms with Crippen LogP contribution in [-0.4, -0.2) is 30.2 Å². The van der Waals surface area contributed by atoms with Crippen LogP contribution in [0.1, 0.15) is 25.8 Å². The van der Waals surface area contributed by atoms with E-state index in [0.717, 1.165) is 23.4 Å². The predicted octanol–water partition coefficient (Wildman–Crippen LogP) is 1.79. The maximum absolute atomic E-state index is 11.4. The van der Waals surface area contributed by atoms with Gasteiger partial charge in [-0.05, 0) is 49.8 Å². The van der Waals surface area contributed by atoms with Gasteiger partial charge in [0.25, 0.3) is 0 Å². The molecular formula is C18H20N2O2. The van der Waals surface area contributed by atoms with E-state index in [0.29, 0.717) is 13.0 Å². The van der Waals surface area contributed by atoms with E-state index in [1.165, 1.54) is 0 Å². The molecule has 4 nitrogen and oxygen atoms in total. The number of rotatable bonds is 2. The van der Waals surface area contributed by atoms with Crippen LogP contribution in [0.3, 0.4) is 0 Å². The van der Waals surface area contributed by atoms with E-state index >= 15 is 0 Å². The molecule has 1 aliphatic heterocycles. The van der Waals surface area contributed by atoms with Crippen molar-refractivity contribution < 1.29 is 9.90 Å². The van der Waals surface area contributed by atoms with Crippen LogP contribution in [0.4, 0.5) is 11.4 Å². The Bertz CT molecular complexity index is 694. The summed E-state index contributed by atoms with van der Waals surface area (Å²) in [5.41, 5.74) is 2.09. The first-order chi connectivity index (χ1) is 10.4. The topological polar surface area (TPSA) is 52.6 Å². The number of carbonyl (C=O) groups excluding carboxylic acids is 1. The van der Waals surface area contributed by atoms with Gasteiger partial charge in [0.2, 0.25) is 5.91 Å². The fraction of sp³-hybridized carbons (Fsp3) is 0.389. The molecule has 4 heteroatoms. The minimum absolute atomic E-state index is 0.0639.